The van der Waals surface area contributed by atoms with Crippen molar-refractivity contribution in [3.05, 3.63) is 29.3 Å². The maximum absolute atomic E-state index is 12.1. The minimum Gasteiger partial charge on any atom is -0.497 e. The molecule has 1 heterocycles. The summed E-state index contributed by atoms with van der Waals surface area (Å²) in [5, 5.41) is 2.89. The maximum atomic E-state index is 12.1. The van der Waals surface area contributed by atoms with Crippen LogP contribution in [0.3, 0.4) is 0 Å². The first kappa shape index (κ1) is 12.8. The number of alkyl halides is 3. The highest BCUT2D eigenvalue weighted by Crippen LogP contribution is 2.42. The molecular formula is C11H8F3NO2S. The van der Waals surface area contributed by atoms with Gasteiger partial charge in [0.25, 0.3) is 5.78 Å². The predicted octanol–water partition coefficient (Wildman–Crippen LogP) is 3.19. The lowest BCUT2D eigenvalue weighted by atomic mass is 10.3. The van der Waals surface area contributed by atoms with Crippen molar-refractivity contribution in [2.24, 2.45) is 0 Å². The second-order valence-corrected chi connectivity index (χ2v) is 4.54. The molecule has 1 aliphatic rings. The number of hydrogen-bond donors (Lipinski definition) is 1. The summed E-state index contributed by atoms with van der Waals surface area (Å²) < 4.78 is 41.3. The van der Waals surface area contributed by atoms with E-state index in [1.807, 2.05) is 0 Å². The molecule has 0 fully saturated rings. The van der Waals surface area contributed by atoms with Gasteiger partial charge in [-0.25, -0.2) is 0 Å². The van der Waals surface area contributed by atoms with E-state index in [0.717, 1.165) is 16.7 Å². The first-order valence-electron chi connectivity index (χ1n) is 4.86. The third kappa shape index (κ3) is 2.61. The molecule has 7 heteroatoms. The van der Waals surface area contributed by atoms with Gasteiger partial charge in [-0.2, -0.15) is 13.2 Å². The number of nitrogens with one attached hydrogen (secondary N) is 1. The van der Waals surface area contributed by atoms with Crippen molar-refractivity contribution in [2.75, 3.05) is 12.4 Å². The van der Waals surface area contributed by atoms with Crippen LogP contribution >= 0.6 is 11.8 Å². The van der Waals surface area contributed by atoms with Crippen LogP contribution in [0.5, 0.6) is 5.75 Å². The van der Waals surface area contributed by atoms with Gasteiger partial charge < -0.3 is 10.1 Å². The van der Waals surface area contributed by atoms with E-state index in [4.69, 9.17) is 4.74 Å². The van der Waals surface area contributed by atoms with Crippen LogP contribution in [0.4, 0.5) is 18.9 Å². The largest absolute Gasteiger partial charge is 0.497 e. The fourth-order valence-electron chi connectivity index (χ4n) is 1.36. The number of ketones is 1. The summed E-state index contributed by atoms with van der Waals surface area (Å²) in [5.74, 6) is -1.27. The number of carbonyl (C=O) groups excluding carboxylic acids is 1. The third-order valence-corrected chi connectivity index (χ3v) is 3.21. The molecule has 1 aliphatic heterocycles. The van der Waals surface area contributed by atoms with E-state index in [-0.39, 0.29) is 5.03 Å². The molecule has 3 nitrogen and oxygen atoms in total. The van der Waals surface area contributed by atoms with Crippen LogP contribution in [0, 0.1) is 0 Å². The molecule has 2 rings (SSSR count). The van der Waals surface area contributed by atoms with Crippen LogP contribution in [0.25, 0.3) is 0 Å². The molecule has 0 unspecified atom stereocenters. The molecule has 0 saturated carbocycles. The normalized spacial score (nSPS) is 16.3. The Hall–Kier alpha value is -1.63. The van der Waals surface area contributed by atoms with E-state index in [2.05, 4.69) is 5.32 Å². The van der Waals surface area contributed by atoms with Gasteiger partial charge in [0.1, 0.15) is 5.75 Å². The lowest BCUT2D eigenvalue weighted by Crippen LogP contribution is -2.20. The summed E-state index contributed by atoms with van der Waals surface area (Å²) in [6.07, 6.45) is -4.29. The van der Waals surface area contributed by atoms with Crippen molar-refractivity contribution >= 4 is 23.2 Å². The van der Waals surface area contributed by atoms with Gasteiger partial charge in [-0.05, 0) is 18.2 Å². The standard InChI is InChI=1S/C11H8F3NO2S/c1-17-6-2-3-7-8(4-6)18-10(15-7)5-9(16)11(12,13)14/h2-5,15H,1H3/b10-5+. The average Bonchev–Trinajstić information content (AvgIpc) is 2.68. The van der Waals surface area contributed by atoms with Gasteiger partial charge in [0.2, 0.25) is 0 Å². The zero-order chi connectivity index (χ0) is 13.3. The number of thioether (sulfide) groups is 1. The number of hydrogen-bond acceptors (Lipinski definition) is 4. The highest BCUT2D eigenvalue weighted by molar-refractivity contribution is 8.03. The van der Waals surface area contributed by atoms with Crippen LogP contribution < -0.4 is 10.1 Å². The zero-order valence-electron chi connectivity index (χ0n) is 9.17. The number of carbonyl (C=O) groups is 1. The van der Waals surface area contributed by atoms with Crippen molar-refractivity contribution in [2.45, 2.75) is 11.1 Å². The van der Waals surface area contributed by atoms with Crippen LogP contribution in [-0.2, 0) is 4.79 Å². The van der Waals surface area contributed by atoms with Crippen LogP contribution in [0.15, 0.2) is 34.2 Å². The minimum atomic E-state index is -4.85. The summed E-state index contributed by atoms with van der Waals surface area (Å²) in [4.78, 5) is 11.5. The van der Waals surface area contributed by atoms with Gasteiger partial charge in [-0.15, -0.1) is 0 Å². The monoisotopic (exact) mass is 275 g/mol. The Kier molecular flexibility index (Phi) is 3.25. The Labute approximate surface area is 105 Å². The van der Waals surface area contributed by atoms with Crippen molar-refractivity contribution < 1.29 is 22.7 Å². The summed E-state index contributed by atoms with van der Waals surface area (Å²) in [5.41, 5.74) is 0.655. The average molecular weight is 275 g/mol. The highest BCUT2D eigenvalue weighted by Gasteiger charge is 2.37. The summed E-state index contributed by atoms with van der Waals surface area (Å²) in [6, 6.07) is 5.05. The molecule has 0 aliphatic carbocycles. The second-order valence-electron chi connectivity index (χ2n) is 3.46. The minimum absolute atomic E-state index is 0.153. The van der Waals surface area contributed by atoms with E-state index >= 15 is 0 Å². The molecule has 0 saturated heterocycles. The number of benzene rings is 1. The Morgan fingerprint density at radius 3 is 2.78 bits per heavy atom. The van der Waals surface area contributed by atoms with Crippen molar-refractivity contribution in [1.29, 1.82) is 0 Å². The topological polar surface area (TPSA) is 38.3 Å². The first-order valence-corrected chi connectivity index (χ1v) is 5.67. The van der Waals surface area contributed by atoms with Crippen LogP contribution in [0.2, 0.25) is 0 Å². The van der Waals surface area contributed by atoms with Gasteiger partial charge in [0.15, 0.2) is 0 Å². The SMILES string of the molecule is COc1ccc2c(c1)S/C(=C/C(=O)C(F)(F)F)N2. The quantitative estimate of drug-likeness (QED) is 0.841. The van der Waals surface area contributed by atoms with Gasteiger partial charge >= 0.3 is 6.18 Å². The van der Waals surface area contributed by atoms with Gasteiger partial charge in [0.05, 0.1) is 17.8 Å². The Balaban J connectivity index is 2.20. The molecule has 1 N–H and O–H groups in total. The second kappa shape index (κ2) is 4.56. The number of fused-ring (bicyclic) bond motifs is 1. The predicted molar refractivity (Wildman–Crippen MR) is 61.6 cm³/mol. The lowest BCUT2D eigenvalue weighted by molar-refractivity contribution is -0.165. The van der Waals surface area contributed by atoms with E-state index < -0.39 is 12.0 Å². The molecule has 96 valence electrons. The Morgan fingerprint density at radius 1 is 1.44 bits per heavy atom. The maximum Gasteiger partial charge on any atom is 0.454 e. The molecule has 0 amide bonds. The van der Waals surface area contributed by atoms with Crippen molar-refractivity contribution in [1.82, 2.24) is 0 Å². The molecule has 18 heavy (non-hydrogen) atoms. The third-order valence-electron chi connectivity index (χ3n) is 2.21. The lowest BCUT2D eigenvalue weighted by Gasteiger charge is -2.02. The van der Waals surface area contributed by atoms with Crippen molar-refractivity contribution in [3.63, 3.8) is 0 Å². The molecule has 1 aromatic rings. The number of halogens is 3. The molecule has 0 atom stereocenters. The number of anilines is 1. The number of allylic oxidation sites excluding steroid dienone is 1. The Bertz CT molecular complexity index is 526. The van der Waals surface area contributed by atoms with Crippen LogP contribution in [-0.4, -0.2) is 19.1 Å². The highest BCUT2D eigenvalue weighted by atomic mass is 32.2. The fraction of sp³-hybridized carbons (Fsp3) is 0.182. The van der Waals surface area contributed by atoms with E-state index in [9.17, 15) is 18.0 Å². The van der Waals surface area contributed by atoms with Crippen LogP contribution in [0.1, 0.15) is 0 Å². The molecule has 0 aromatic heterocycles. The number of ether oxygens (including phenoxy) is 1. The zero-order valence-corrected chi connectivity index (χ0v) is 9.98. The van der Waals surface area contributed by atoms with Gasteiger partial charge in [-0.1, -0.05) is 11.8 Å². The summed E-state index contributed by atoms with van der Waals surface area (Å²) >= 11 is 1.06. The van der Waals surface area contributed by atoms with Gasteiger partial charge in [-0.3, -0.25) is 4.79 Å². The van der Waals surface area contributed by atoms with E-state index in [1.54, 1.807) is 18.2 Å². The summed E-state index contributed by atoms with van der Waals surface area (Å²) in [7, 11) is 1.50. The molecule has 0 spiro atoms. The smallest absolute Gasteiger partial charge is 0.454 e. The van der Waals surface area contributed by atoms with Gasteiger partial charge in [0, 0.05) is 11.0 Å². The summed E-state index contributed by atoms with van der Waals surface area (Å²) in [6.45, 7) is 0. The van der Waals surface area contributed by atoms with E-state index in [0.29, 0.717) is 17.5 Å². The van der Waals surface area contributed by atoms with Crippen molar-refractivity contribution in [3.8, 4) is 5.75 Å². The number of rotatable bonds is 2. The fourth-order valence-corrected chi connectivity index (χ4v) is 2.33. The first-order chi connectivity index (χ1) is 8.40. The Morgan fingerprint density at radius 2 is 2.17 bits per heavy atom. The molecule has 0 bridgehead atoms. The number of methoxy groups -OCH3 is 1. The molecule has 1 aromatic carbocycles. The molecule has 0 radical (unpaired) electrons. The van der Waals surface area contributed by atoms with E-state index in [1.165, 1.54) is 7.11 Å². The molecular weight excluding hydrogens is 267 g/mol.